The first-order valence-corrected chi connectivity index (χ1v) is 10.1. The summed E-state index contributed by atoms with van der Waals surface area (Å²) in [4.78, 5) is 16.2. The largest absolute Gasteiger partial charge is 0.441 e. The maximum atomic E-state index is 13.0. The number of benzene rings is 1. The number of hydrogen-bond acceptors (Lipinski definition) is 4. The molecule has 0 radical (unpaired) electrons. The Hall–Kier alpha value is -3.14. The van der Waals surface area contributed by atoms with Gasteiger partial charge in [0.1, 0.15) is 0 Å². The fourth-order valence-corrected chi connectivity index (χ4v) is 4.46. The molecule has 2 aliphatic rings. The lowest BCUT2D eigenvalue weighted by Crippen LogP contribution is -2.35. The summed E-state index contributed by atoms with van der Waals surface area (Å²) < 4.78 is 41.0. The second-order valence-corrected chi connectivity index (χ2v) is 8.28. The zero-order chi connectivity index (χ0) is 22.7. The van der Waals surface area contributed by atoms with Gasteiger partial charge in [0.05, 0.1) is 11.3 Å². The number of nitrogens with zero attached hydrogens (tertiary/aromatic N) is 4. The number of aryl methyl sites for hydroxylation is 3. The molecule has 1 amide bonds. The number of carbonyl (C=O) groups is 1. The molecule has 1 aromatic heterocycles. The van der Waals surface area contributed by atoms with Crippen molar-refractivity contribution < 1.29 is 18.0 Å². The third-order valence-electron chi connectivity index (χ3n) is 5.13. The summed E-state index contributed by atoms with van der Waals surface area (Å²) in [6.45, 7) is 7.85. The minimum Gasteiger partial charge on any atom is -0.317 e. The molecular formula is C21H18F3N5OS. The maximum absolute atomic E-state index is 13.0. The van der Waals surface area contributed by atoms with Crippen molar-refractivity contribution >= 4 is 39.8 Å². The molecule has 160 valence electrons. The molecule has 10 heteroatoms. The van der Waals surface area contributed by atoms with Gasteiger partial charge in [0.2, 0.25) is 10.2 Å². The first kappa shape index (κ1) is 21.1. The molecule has 1 aromatic carbocycles. The van der Waals surface area contributed by atoms with Gasteiger partial charge >= 0.3 is 6.18 Å². The Labute approximate surface area is 180 Å². The highest BCUT2D eigenvalue weighted by Crippen LogP contribution is 2.36. The highest BCUT2D eigenvalue weighted by Gasteiger charge is 2.46. The van der Waals surface area contributed by atoms with Gasteiger partial charge < -0.3 is 4.57 Å². The van der Waals surface area contributed by atoms with Crippen molar-refractivity contribution in [1.29, 1.82) is 5.41 Å². The zero-order valence-corrected chi connectivity index (χ0v) is 17.9. The van der Waals surface area contributed by atoms with Crippen LogP contribution in [0.5, 0.6) is 0 Å². The van der Waals surface area contributed by atoms with Crippen LogP contribution < -0.4 is 0 Å². The van der Waals surface area contributed by atoms with Crippen molar-refractivity contribution in [2.75, 3.05) is 0 Å². The lowest BCUT2D eigenvalue weighted by Gasteiger charge is -2.20. The van der Waals surface area contributed by atoms with Crippen LogP contribution in [-0.2, 0) is 4.79 Å². The molecule has 4 rings (SSSR count). The minimum absolute atomic E-state index is 0.113. The van der Waals surface area contributed by atoms with Crippen molar-refractivity contribution in [3.05, 3.63) is 57.9 Å². The lowest BCUT2D eigenvalue weighted by atomic mass is 10.1. The number of amidine groups is 2. The Balaban J connectivity index is 1.78. The molecule has 0 fully saturated rings. The number of halogens is 3. The number of para-hydroxylation sites is 1. The fourth-order valence-electron chi connectivity index (χ4n) is 3.70. The van der Waals surface area contributed by atoms with E-state index in [0.717, 1.165) is 33.2 Å². The number of rotatable bonds is 2. The summed E-state index contributed by atoms with van der Waals surface area (Å²) in [7, 11) is 0. The Morgan fingerprint density at radius 1 is 1.13 bits per heavy atom. The zero-order valence-electron chi connectivity index (χ0n) is 17.1. The van der Waals surface area contributed by atoms with Crippen LogP contribution in [0.3, 0.4) is 0 Å². The average molecular weight is 445 g/mol. The maximum Gasteiger partial charge on any atom is 0.441 e. The summed E-state index contributed by atoms with van der Waals surface area (Å²) in [6.07, 6.45) is -3.18. The van der Waals surface area contributed by atoms with Gasteiger partial charge in [-0.15, -0.1) is 0 Å². The van der Waals surface area contributed by atoms with E-state index in [4.69, 9.17) is 5.41 Å². The third kappa shape index (κ3) is 3.50. The number of aliphatic imine (C=N–C) groups is 1. The third-order valence-corrected chi connectivity index (χ3v) is 6.08. The van der Waals surface area contributed by atoms with Gasteiger partial charge in [-0.25, -0.2) is 0 Å². The van der Waals surface area contributed by atoms with E-state index in [1.54, 1.807) is 0 Å². The number of carbonyl (C=O) groups excluding carboxylic acids is 1. The van der Waals surface area contributed by atoms with Crippen LogP contribution in [0.25, 0.3) is 11.8 Å². The van der Waals surface area contributed by atoms with E-state index in [-0.39, 0.29) is 22.5 Å². The average Bonchev–Trinajstić information content (AvgIpc) is 3.21. The standard InChI is InChI=1S/C21H18F3N5OS/c1-10-6-5-7-11(2)16(10)28-12(3)8-14(13(28)4)9-15-17(25)29-20(26-18(15)30)31-19(27-29)21(22,23)24/h5-9,25H,1-4H3. The molecule has 3 heterocycles. The monoisotopic (exact) mass is 445 g/mol. The van der Waals surface area contributed by atoms with E-state index in [9.17, 15) is 18.0 Å². The molecule has 6 nitrogen and oxygen atoms in total. The minimum atomic E-state index is -4.67. The van der Waals surface area contributed by atoms with Crippen molar-refractivity contribution in [3.8, 4) is 5.69 Å². The van der Waals surface area contributed by atoms with Gasteiger partial charge in [-0.05, 0) is 68.3 Å². The molecule has 0 saturated heterocycles. The highest BCUT2D eigenvalue weighted by molar-refractivity contribution is 8.27. The number of hydrazone groups is 1. The number of aromatic nitrogens is 1. The molecule has 31 heavy (non-hydrogen) atoms. The highest BCUT2D eigenvalue weighted by atomic mass is 32.2. The van der Waals surface area contributed by atoms with E-state index in [0.29, 0.717) is 5.56 Å². The molecule has 1 N–H and O–H groups in total. The van der Waals surface area contributed by atoms with E-state index < -0.39 is 23.0 Å². The Morgan fingerprint density at radius 3 is 2.39 bits per heavy atom. The van der Waals surface area contributed by atoms with E-state index in [1.807, 2.05) is 52.0 Å². The number of thioether (sulfide) groups is 1. The molecule has 0 unspecified atom stereocenters. The Bertz CT molecular complexity index is 1220. The summed E-state index contributed by atoms with van der Waals surface area (Å²) in [5.74, 6) is -1.20. The quantitative estimate of drug-likeness (QED) is 0.669. The van der Waals surface area contributed by atoms with Crippen LogP contribution in [0, 0.1) is 33.1 Å². The van der Waals surface area contributed by atoms with Crippen LogP contribution in [0.2, 0.25) is 0 Å². The van der Waals surface area contributed by atoms with Gasteiger partial charge in [0, 0.05) is 11.4 Å². The normalized spacial score (nSPS) is 17.9. The summed E-state index contributed by atoms with van der Waals surface area (Å²) >= 11 is 0.235. The van der Waals surface area contributed by atoms with Crippen LogP contribution >= 0.6 is 11.8 Å². The predicted molar refractivity (Wildman–Crippen MR) is 116 cm³/mol. The van der Waals surface area contributed by atoms with E-state index in [2.05, 4.69) is 14.7 Å². The number of amides is 1. The van der Waals surface area contributed by atoms with Crippen LogP contribution in [-0.4, -0.2) is 37.7 Å². The number of fused-ring (bicyclic) bond motifs is 1. The van der Waals surface area contributed by atoms with Gasteiger partial charge in [-0.1, -0.05) is 18.2 Å². The molecule has 0 aliphatic carbocycles. The van der Waals surface area contributed by atoms with E-state index in [1.165, 1.54) is 6.08 Å². The fraction of sp³-hybridized carbons (Fsp3) is 0.238. The second kappa shape index (κ2) is 7.23. The van der Waals surface area contributed by atoms with Gasteiger partial charge in [0.15, 0.2) is 5.84 Å². The van der Waals surface area contributed by atoms with Crippen LogP contribution in [0.1, 0.15) is 28.1 Å². The van der Waals surface area contributed by atoms with Crippen molar-refractivity contribution in [1.82, 2.24) is 9.58 Å². The smallest absolute Gasteiger partial charge is 0.317 e. The van der Waals surface area contributed by atoms with Gasteiger partial charge in [-0.3, -0.25) is 10.2 Å². The van der Waals surface area contributed by atoms with Gasteiger partial charge in [-0.2, -0.15) is 28.3 Å². The summed E-state index contributed by atoms with van der Waals surface area (Å²) in [6, 6.07) is 7.87. The SMILES string of the molecule is Cc1cccc(C)c1-n1c(C)cc(C=C2C(=N)N3N=C(C(F)(F)F)SC3=NC2=O)c1C. The van der Waals surface area contributed by atoms with Crippen LogP contribution in [0.15, 0.2) is 39.9 Å². The second-order valence-electron chi connectivity index (χ2n) is 7.33. The number of nitrogens with one attached hydrogen (secondary N) is 1. The topological polar surface area (TPSA) is 73.8 Å². The molecule has 0 atom stereocenters. The van der Waals surface area contributed by atoms with Crippen LogP contribution in [0.4, 0.5) is 13.2 Å². The van der Waals surface area contributed by atoms with Crippen molar-refractivity contribution in [2.45, 2.75) is 33.9 Å². The Kier molecular flexibility index (Phi) is 4.92. The lowest BCUT2D eigenvalue weighted by molar-refractivity contribution is -0.114. The molecule has 0 saturated carbocycles. The first-order chi connectivity index (χ1) is 14.5. The number of alkyl halides is 3. The van der Waals surface area contributed by atoms with Crippen molar-refractivity contribution in [3.63, 3.8) is 0 Å². The van der Waals surface area contributed by atoms with Gasteiger partial charge in [0.25, 0.3) is 5.91 Å². The van der Waals surface area contributed by atoms with Crippen molar-refractivity contribution in [2.24, 2.45) is 10.1 Å². The molecule has 2 aromatic rings. The Morgan fingerprint density at radius 2 is 1.77 bits per heavy atom. The summed E-state index contributed by atoms with van der Waals surface area (Å²) in [5.41, 5.74) is 5.53. The molecule has 0 bridgehead atoms. The number of hydrogen-bond donors (Lipinski definition) is 1. The summed E-state index contributed by atoms with van der Waals surface area (Å²) in [5, 5.41) is 11.0. The molecule has 0 spiro atoms. The first-order valence-electron chi connectivity index (χ1n) is 9.32. The predicted octanol–water partition coefficient (Wildman–Crippen LogP) is 4.89. The van der Waals surface area contributed by atoms with E-state index >= 15 is 0 Å². The molecule has 2 aliphatic heterocycles. The molecular weight excluding hydrogens is 427 g/mol.